The average Bonchev–Trinajstić information content (AvgIpc) is 3.14. The Hall–Kier alpha value is -1.99. The Labute approximate surface area is 185 Å². The molecule has 0 aliphatic carbocycles. The number of aliphatic hydroxyl groups is 2. The fourth-order valence-corrected chi connectivity index (χ4v) is 3.96. The molecule has 2 N–H and O–H groups in total. The van der Waals surface area contributed by atoms with Gasteiger partial charge >= 0.3 is 5.97 Å². The molecule has 2 aliphatic rings. The van der Waals surface area contributed by atoms with E-state index in [0.717, 1.165) is 5.57 Å². The third kappa shape index (κ3) is 6.50. The van der Waals surface area contributed by atoms with E-state index < -0.39 is 35.6 Å². The molecule has 6 atom stereocenters. The second kappa shape index (κ2) is 10.6. The predicted molar refractivity (Wildman–Crippen MR) is 119 cm³/mol. The number of aliphatic hydroxyl groups excluding tert-OH is 2. The standard InChI is InChI=1S/C24H37NO6/c1-14-8-7-9-15(2)22(28)16(3)23(29)24(5,6)20(26)12-21(27)31-19(11-10-14)18-13-30-17(4)25-18/h7,9-10,15-16,18-20,22,26,28H,8,11-13H2,1-6H3/t15-,16+,18?,19-,20-,22-/m0/s1. The Morgan fingerprint density at radius 2 is 1.84 bits per heavy atom. The molecule has 2 heterocycles. The van der Waals surface area contributed by atoms with Gasteiger partial charge in [0.15, 0.2) is 5.90 Å². The van der Waals surface area contributed by atoms with Gasteiger partial charge in [0.05, 0.1) is 24.0 Å². The molecule has 174 valence electrons. The van der Waals surface area contributed by atoms with Gasteiger partial charge in [-0.2, -0.15) is 0 Å². The molecule has 1 unspecified atom stereocenters. The third-order valence-corrected chi connectivity index (χ3v) is 6.39. The second-order valence-electron chi connectivity index (χ2n) is 9.42. The number of esters is 1. The number of aliphatic imine (C=N–C) groups is 1. The molecule has 0 aromatic rings. The van der Waals surface area contributed by atoms with Crippen molar-refractivity contribution in [3.05, 3.63) is 23.8 Å². The van der Waals surface area contributed by atoms with Crippen molar-refractivity contribution >= 4 is 17.7 Å². The highest BCUT2D eigenvalue weighted by Crippen LogP contribution is 2.31. The lowest BCUT2D eigenvalue weighted by molar-refractivity contribution is -0.156. The fourth-order valence-electron chi connectivity index (χ4n) is 3.96. The number of allylic oxidation sites excluding steroid dienone is 2. The maximum atomic E-state index is 13.1. The summed E-state index contributed by atoms with van der Waals surface area (Å²) in [5, 5.41) is 21.4. The lowest BCUT2D eigenvalue weighted by Gasteiger charge is -2.34. The van der Waals surface area contributed by atoms with Gasteiger partial charge in [0.25, 0.3) is 0 Å². The minimum Gasteiger partial charge on any atom is -0.479 e. The molecule has 0 spiro atoms. The van der Waals surface area contributed by atoms with Crippen molar-refractivity contribution in [3.63, 3.8) is 0 Å². The van der Waals surface area contributed by atoms with Gasteiger partial charge in [-0.05, 0) is 13.3 Å². The Morgan fingerprint density at radius 3 is 2.45 bits per heavy atom. The van der Waals surface area contributed by atoms with Crippen LogP contribution in [0.1, 0.15) is 60.8 Å². The molecule has 31 heavy (non-hydrogen) atoms. The molecular weight excluding hydrogens is 398 g/mol. The first-order chi connectivity index (χ1) is 14.4. The van der Waals surface area contributed by atoms with Gasteiger partial charge in [-0.3, -0.25) is 9.59 Å². The zero-order valence-electron chi connectivity index (χ0n) is 19.5. The minimum absolute atomic E-state index is 0.224. The van der Waals surface area contributed by atoms with Gasteiger partial charge in [0.1, 0.15) is 24.5 Å². The molecule has 2 aliphatic heterocycles. The normalized spacial score (nSPS) is 35.7. The summed E-state index contributed by atoms with van der Waals surface area (Å²) in [6.07, 6.45) is 4.13. The van der Waals surface area contributed by atoms with Gasteiger partial charge in [-0.15, -0.1) is 0 Å². The van der Waals surface area contributed by atoms with Crippen LogP contribution in [-0.2, 0) is 19.1 Å². The molecule has 0 fully saturated rings. The zero-order chi connectivity index (χ0) is 23.3. The van der Waals surface area contributed by atoms with Crippen LogP contribution in [0.3, 0.4) is 0 Å². The first-order valence-electron chi connectivity index (χ1n) is 11.0. The van der Waals surface area contributed by atoms with E-state index >= 15 is 0 Å². The smallest absolute Gasteiger partial charge is 0.308 e. The van der Waals surface area contributed by atoms with Crippen LogP contribution >= 0.6 is 0 Å². The molecule has 0 aromatic carbocycles. The number of carbonyl (C=O) groups excluding carboxylic acids is 2. The topological polar surface area (TPSA) is 105 Å². The number of rotatable bonds is 1. The summed E-state index contributed by atoms with van der Waals surface area (Å²) in [6.45, 7) is 10.8. The summed E-state index contributed by atoms with van der Waals surface area (Å²) in [4.78, 5) is 30.1. The number of hydrogen-bond donors (Lipinski definition) is 2. The Balaban J connectivity index is 2.32. The first-order valence-corrected chi connectivity index (χ1v) is 11.0. The summed E-state index contributed by atoms with van der Waals surface area (Å²) in [7, 11) is 0. The Bertz CT molecular complexity index is 753. The van der Waals surface area contributed by atoms with Crippen LogP contribution in [0, 0.1) is 17.3 Å². The second-order valence-corrected chi connectivity index (χ2v) is 9.42. The predicted octanol–water partition coefficient (Wildman–Crippen LogP) is 2.99. The van der Waals surface area contributed by atoms with Crippen molar-refractivity contribution in [3.8, 4) is 0 Å². The summed E-state index contributed by atoms with van der Waals surface area (Å²) in [5.74, 6) is -1.23. The fraction of sp³-hybridized carbons (Fsp3) is 0.708. The van der Waals surface area contributed by atoms with E-state index in [4.69, 9.17) is 9.47 Å². The van der Waals surface area contributed by atoms with Gasteiger partial charge < -0.3 is 19.7 Å². The first kappa shape index (κ1) is 25.3. The van der Waals surface area contributed by atoms with Gasteiger partial charge in [0, 0.05) is 25.2 Å². The summed E-state index contributed by atoms with van der Waals surface area (Å²) >= 11 is 0. The third-order valence-electron chi connectivity index (χ3n) is 6.39. The van der Waals surface area contributed by atoms with Crippen LogP contribution in [0.15, 0.2) is 28.8 Å². The molecular formula is C24H37NO6. The zero-order valence-corrected chi connectivity index (χ0v) is 19.5. The van der Waals surface area contributed by atoms with Crippen molar-refractivity contribution in [1.29, 1.82) is 0 Å². The van der Waals surface area contributed by atoms with Crippen molar-refractivity contribution in [1.82, 2.24) is 0 Å². The Morgan fingerprint density at radius 1 is 1.16 bits per heavy atom. The number of ether oxygens (including phenoxy) is 2. The molecule has 0 aromatic heterocycles. The van der Waals surface area contributed by atoms with Crippen LogP contribution in [0.2, 0.25) is 0 Å². The largest absolute Gasteiger partial charge is 0.479 e. The van der Waals surface area contributed by atoms with Crippen LogP contribution < -0.4 is 0 Å². The van der Waals surface area contributed by atoms with E-state index in [1.165, 1.54) is 0 Å². The molecule has 0 saturated heterocycles. The number of nitrogens with zero attached hydrogens (tertiary/aromatic N) is 1. The highest BCUT2D eigenvalue weighted by atomic mass is 16.6. The van der Waals surface area contributed by atoms with Crippen molar-refractivity contribution < 1.29 is 29.3 Å². The molecule has 0 amide bonds. The number of hydrogen-bond acceptors (Lipinski definition) is 7. The lowest BCUT2D eigenvalue weighted by Crippen LogP contribution is -2.45. The lowest BCUT2D eigenvalue weighted by atomic mass is 9.73. The Kier molecular flexibility index (Phi) is 8.60. The van der Waals surface area contributed by atoms with Crippen LogP contribution in [0.4, 0.5) is 0 Å². The van der Waals surface area contributed by atoms with Crippen LogP contribution in [0.25, 0.3) is 0 Å². The maximum Gasteiger partial charge on any atom is 0.308 e. The van der Waals surface area contributed by atoms with Crippen LogP contribution in [0.5, 0.6) is 0 Å². The number of ketones is 1. The van der Waals surface area contributed by atoms with E-state index in [0.29, 0.717) is 25.3 Å². The molecule has 0 radical (unpaired) electrons. The SMILES string of the molecule is CC1=CC[C@@H](C2COC(C)=N2)OC(=O)C[C@H](O)C(C)(C)C(=O)[C@H](C)[C@@H](O)[C@@H](C)C=CC1. The minimum atomic E-state index is -1.23. The van der Waals surface area contributed by atoms with Gasteiger partial charge in [0.2, 0.25) is 0 Å². The summed E-state index contributed by atoms with van der Waals surface area (Å²) in [6, 6.07) is -0.301. The number of Topliss-reactive ketones (excluding diaryl/α,β-unsaturated/α-hetero) is 1. The summed E-state index contributed by atoms with van der Waals surface area (Å²) < 4.78 is 11.1. The summed E-state index contributed by atoms with van der Waals surface area (Å²) in [5.41, 5.74) is -0.118. The average molecular weight is 436 g/mol. The molecule has 0 saturated carbocycles. The quantitative estimate of drug-likeness (QED) is 0.485. The van der Waals surface area contributed by atoms with E-state index in [1.807, 2.05) is 32.1 Å². The molecule has 7 heteroatoms. The monoisotopic (exact) mass is 435 g/mol. The highest BCUT2D eigenvalue weighted by Gasteiger charge is 2.42. The molecule has 0 bridgehead atoms. The number of carbonyl (C=O) groups is 2. The molecule has 7 nitrogen and oxygen atoms in total. The van der Waals surface area contributed by atoms with Gasteiger partial charge in [-0.25, -0.2) is 4.99 Å². The number of cyclic esters (lactones) is 1. The highest BCUT2D eigenvalue weighted by molar-refractivity contribution is 5.88. The van der Waals surface area contributed by atoms with E-state index in [1.54, 1.807) is 27.7 Å². The maximum absolute atomic E-state index is 13.1. The van der Waals surface area contributed by atoms with Crippen molar-refractivity contribution in [2.24, 2.45) is 22.2 Å². The molecule has 2 rings (SSSR count). The van der Waals surface area contributed by atoms with E-state index in [2.05, 4.69) is 4.99 Å². The van der Waals surface area contributed by atoms with E-state index in [-0.39, 0.29) is 24.2 Å². The van der Waals surface area contributed by atoms with E-state index in [9.17, 15) is 19.8 Å². The van der Waals surface area contributed by atoms with Gasteiger partial charge in [-0.1, -0.05) is 51.5 Å². The van der Waals surface area contributed by atoms with Crippen molar-refractivity contribution in [2.75, 3.05) is 6.61 Å². The van der Waals surface area contributed by atoms with Crippen molar-refractivity contribution in [2.45, 2.75) is 85.2 Å². The van der Waals surface area contributed by atoms with Crippen LogP contribution in [-0.4, -0.2) is 58.8 Å².